The highest BCUT2D eigenvalue weighted by Gasteiger charge is 2.16. The van der Waals surface area contributed by atoms with E-state index in [0.29, 0.717) is 5.02 Å². The largest absolute Gasteiger partial charge is 0.354 e. The van der Waals surface area contributed by atoms with Gasteiger partial charge in [0, 0.05) is 28.9 Å². The van der Waals surface area contributed by atoms with Crippen LogP contribution in [0.4, 0.5) is 0 Å². The van der Waals surface area contributed by atoms with Crippen LogP contribution in [-0.4, -0.2) is 16.5 Å². The quantitative estimate of drug-likeness (QED) is 0.662. The van der Waals surface area contributed by atoms with Crippen LogP contribution in [0.15, 0.2) is 30.6 Å². The van der Waals surface area contributed by atoms with Crippen molar-refractivity contribution in [2.75, 3.05) is 6.54 Å². The van der Waals surface area contributed by atoms with Crippen LogP contribution >= 0.6 is 11.6 Å². The van der Waals surface area contributed by atoms with Crippen molar-refractivity contribution < 1.29 is 0 Å². The third kappa shape index (κ3) is 2.99. The number of aromatic nitrogens is 2. The van der Waals surface area contributed by atoms with E-state index in [-0.39, 0.29) is 0 Å². The second-order valence-corrected chi connectivity index (χ2v) is 6.42. The second-order valence-electron chi connectivity index (χ2n) is 6.01. The van der Waals surface area contributed by atoms with Gasteiger partial charge in [-0.05, 0) is 62.4 Å². The summed E-state index contributed by atoms with van der Waals surface area (Å²) in [7, 11) is 0. The predicted molar refractivity (Wildman–Crippen MR) is 98.0 cm³/mol. The van der Waals surface area contributed by atoms with Crippen LogP contribution in [0, 0.1) is 13.8 Å². The Balaban J connectivity index is 2.21. The van der Waals surface area contributed by atoms with Crippen LogP contribution in [0.25, 0.3) is 22.2 Å². The van der Waals surface area contributed by atoms with Gasteiger partial charge in [-0.1, -0.05) is 23.7 Å². The minimum absolute atomic E-state index is 0.675. The Bertz CT molecular complexity index is 836. The Hall–Kier alpha value is -1.84. The summed E-state index contributed by atoms with van der Waals surface area (Å²) in [6, 6.07) is 6.38. The van der Waals surface area contributed by atoms with Crippen molar-refractivity contribution in [3.05, 3.63) is 52.3 Å². The van der Waals surface area contributed by atoms with E-state index in [1.165, 1.54) is 27.6 Å². The van der Waals surface area contributed by atoms with E-state index in [2.05, 4.69) is 35.9 Å². The molecule has 23 heavy (non-hydrogen) atoms. The lowest BCUT2D eigenvalue weighted by molar-refractivity contribution is 0.748. The zero-order chi connectivity index (χ0) is 16.4. The Labute approximate surface area is 141 Å². The van der Waals surface area contributed by atoms with E-state index >= 15 is 0 Å². The first-order valence-electron chi connectivity index (χ1n) is 8.04. The maximum absolute atomic E-state index is 6.39. The number of hydrogen-bond donors (Lipinski definition) is 2. The number of nitrogens with two attached hydrogens (primary N) is 1. The molecular formula is C19H22ClN3. The standard InChI is InChI=1S/C19H22ClN3/c1-12-6-7-15-14(5-3-4-9-21)19(23-18(15)13(12)2)16-8-10-22-11-17(16)20/h6-8,10-11,23H,3-5,9,21H2,1-2H3. The smallest absolute Gasteiger partial charge is 0.0682 e. The summed E-state index contributed by atoms with van der Waals surface area (Å²) >= 11 is 6.39. The molecule has 0 bridgehead atoms. The first-order valence-corrected chi connectivity index (χ1v) is 8.42. The Morgan fingerprint density at radius 3 is 2.74 bits per heavy atom. The molecule has 0 aliphatic carbocycles. The van der Waals surface area contributed by atoms with Crippen molar-refractivity contribution in [3.63, 3.8) is 0 Å². The predicted octanol–water partition coefficient (Wildman–Crippen LogP) is 4.78. The summed E-state index contributed by atoms with van der Waals surface area (Å²) in [5.74, 6) is 0. The number of aryl methyl sites for hydroxylation is 3. The zero-order valence-corrected chi connectivity index (χ0v) is 14.4. The fraction of sp³-hybridized carbons (Fsp3) is 0.316. The maximum atomic E-state index is 6.39. The third-order valence-electron chi connectivity index (χ3n) is 4.54. The van der Waals surface area contributed by atoms with Crippen LogP contribution in [-0.2, 0) is 6.42 Å². The number of rotatable bonds is 5. The highest BCUT2D eigenvalue weighted by molar-refractivity contribution is 6.33. The normalized spacial score (nSPS) is 11.3. The molecule has 0 amide bonds. The van der Waals surface area contributed by atoms with Crippen molar-refractivity contribution in [1.82, 2.24) is 9.97 Å². The Morgan fingerprint density at radius 2 is 2.00 bits per heavy atom. The average molecular weight is 328 g/mol. The SMILES string of the molecule is Cc1ccc2c(CCCCN)c(-c3ccncc3Cl)[nH]c2c1C. The van der Waals surface area contributed by atoms with Gasteiger partial charge in [0.25, 0.3) is 0 Å². The molecule has 0 radical (unpaired) electrons. The van der Waals surface area contributed by atoms with Gasteiger partial charge in [0.2, 0.25) is 0 Å². The maximum Gasteiger partial charge on any atom is 0.0682 e. The number of halogens is 1. The summed E-state index contributed by atoms with van der Waals surface area (Å²) in [4.78, 5) is 7.71. The van der Waals surface area contributed by atoms with E-state index in [4.69, 9.17) is 17.3 Å². The molecule has 3 aromatic rings. The van der Waals surface area contributed by atoms with Crippen molar-refractivity contribution in [2.24, 2.45) is 5.73 Å². The van der Waals surface area contributed by atoms with Crippen LogP contribution in [0.3, 0.4) is 0 Å². The lowest BCUT2D eigenvalue weighted by atomic mass is 9.99. The van der Waals surface area contributed by atoms with Crippen molar-refractivity contribution in [3.8, 4) is 11.3 Å². The van der Waals surface area contributed by atoms with Gasteiger partial charge in [-0.25, -0.2) is 0 Å². The summed E-state index contributed by atoms with van der Waals surface area (Å²) in [6.45, 7) is 5.03. The Kier molecular flexibility index (Phi) is 4.69. The molecule has 2 heterocycles. The van der Waals surface area contributed by atoms with Gasteiger partial charge in [0.05, 0.1) is 10.7 Å². The van der Waals surface area contributed by atoms with Gasteiger partial charge < -0.3 is 10.7 Å². The third-order valence-corrected chi connectivity index (χ3v) is 4.84. The van der Waals surface area contributed by atoms with Crippen LogP contribution in [0.1, 0.15) is 29.5 Å². The summed E-state index contributed by atoms with van der Waals surface area (Å²) in [5.41, 5.74) is 12.9. The monoisotopic (exact) mass is 327 g/mol. The average Bonchev–Trinajstić information content (AvgIpc) is 2.91. The molecule has 3 N–H and O–H groups in total. The molecule has 0 saturated heterocycles. The molecular weight excluding hydrogens is 306 g/mol. The molecule has 0 unspecified atom stereocenters. The van der Waals surface area contributed by atoms with E-state index in [0.717, 1.165) is 37.1 Å². The molecule has 2 aromatic heterocycles. The molecule has 0 fully saturated rings. The molecule has 0 spiro atoms. The van der Waals surface area contributed by atoms with Crippen LogP contribution < -0.4 is 5.73 Å². The van der Waals surface area contributed by atoms with Crippen molar-refractivity contribution in [1.29, 1.82) is 0 Å². The highest BCUT2D eigenvalue weighted by atomic mass is 35.5. The van der Waals surface area contributed by atoms with E-state index in [1.54, 1.807) is 12.4 Å². The molecule has 1 aromatic carbocycles. The first-order chi connectivity index (χ1) is 11.1. The number of fused-ring (bicyclic) bond motifs is 1. The number of H-pyrrole nitrogens is 1. The van der Waals surface area contributed by atoms with Gasteiger partial charge in [-0.15, -0.1) is 0 Å². The summed E-state index contributed by atoms with van der Waals surface area (Å²) < 4.78 is 0. The number of unbranched alkanes of at least 4 members (excludes halogenated alkanes) is 1. The summed E-state index contributed by atoms with van der Waals surface area (Å²) in [6.07, 6.45) is 6.58. The molecule has 4 heteroatoms. The second kappa shape index (κ2) is 6.73. The van der Waals surface area contributed by atoms with E-state index in [9.17, 15) is 0 Å². The Morgan fingerprint density at radius 1 is 1.17 bits per heavy atom. The number of nitrogens with zero attached hydrogens (tertiary/aromatic N) is 1. The fourth-order valence-corrected chi connectivity index (χ4v) is 3.29. The number of hydrogen-bond acceptors (Lipinski definition) is 2. The molecule has 3 nitrogen and oxygen atoms in total. The fourth-order valence-electron chi connectivity index (χ4n) is 3.08. The number of benzene rings is 1. The zero-order valence-electron chi connectivity index (χ0n) is 13.6. The van der Waals surface area contributed by atoms with Gasteiger partial charge in [-0.2, -0.15) is 0 Å². The van der Waals surface area contributed by atoms with Gasteiger partial charge >= 0.3 is 0 Å². The molecule has 120 valence electrons. The molecule has 0 atom stereocenters. The number of pyridine rings is 1. The van der Waals surface area contributed by atoms with Crippen LogP contribution in [0.2, 0.25) is 5.02 Å². The van der Waals surface area contributed by atoms with E-state index < -0.39 is 0 Å². The van der Waals surface area contributed by atoms with Crippen molar-refractivity contribution >= 4 is 22.5 Å². The minimum Gasteiger partial charge on any atom is -0.354 e. The van der Waals surface area contributed by atoms with E-state index in [1.807, 2.05) is 6.07 Å². The number of nitrogens with one attached hydrogen (secondary N) is 1. The summed E-state index contributed by atoms with van der Waals surface area (Å²) in [5, 5.41) is 1.96. The van der Waals surface area contributed by atoms with Gasteiger partial charge in [0.1, 0.15) is 0 Å². The lowest BCUT2D eigenvalue weighted by Gasteiger charge is -2.06. The van der Waals surface area contributed by atoms with Gasteiger partial charge in [0.15, 0.2) is 0 Å². The first kappa shape index (κ1) is 16.0. The molecule has 0 aliphatic rings. The molecule has 3 rings (SSSR count). The molecule has 0 saturated carbocycles. The van der Waals surface area contributed by atoms with Crippen LogP contribution in [0.5, 0.6) is 0 Å². The molecule has 0 aliphatic heterocycles. The number of aromatic amines is 1. The topological polar surface area (TPSA) is 54.7 Å². The van der Waals surface area contributed by atoms with Crippen molar-refractivity contribution in [2.45, 2.75) is 33.1 Å². The highest BCUT2D eigenvalue weighted by Crippen LogP contribution is 2.36. The minimum atomic E-state index is 0.675. The van der Waals surface area contributed by atoms with Gasteiger partial charge in [-0.3, -0.25) is 4.98 Å². The lowest BCUT2D eigenvalue weighted by Crippen LogP contribution is -1.99.